The number of fused-ring (bicyclic) bond motifs is 4. The van der Waals surface area contributed by atoms with Crippen molar-refractivity contribution in [1.82, 2.24) is 29.8 Å². The lowest BCUT2D eigenvalue weighted by Crippen LogP contribution is -2.72. The van der Waals surface area contributed by atoms with Crippen LogP contribution in [0.3, 0.4) is 0 Å². The largest absolute Gasteiger partial charge is 0.461 e. The van der Waals surface area contributed by atoms with Crippen LogP contribution in [0.5, 0.6) is 6.01 Å². The van der Waals surface area contributed by atoms with Gasteiger partial charge >= 0.3 is 6.01 Å². The fraction of sp³-hybridized carbons (Fsp3) is 0.450. The Morgan fingerprint density at radius 2 is 1.81 bits per heavy atom. The maximum Gasteiger partial charge on any atom is 0.319 e. The molecule has 5 fully saturated rings. The summed E-state index contributed by atoms with van der Waals surface area (Å²) in [5.74, 6) is -0.705. The molecule has 0 aliphatic carbocycles. The van der Waals surface area contributed by atoms with E-state index in [1.165, 1.54) is 12.8 Å². The molecule has 3 aromatic carbocycles. The Hall–Kier alpha value is -4.34. The highest BCUT2D eigenvalue weighted by Crippen LogP contribution is 2.41. The Bertz CT molecular complexity index is 2110. The zero-order chi connectivity index (χ0) is 35.6. The smallest absolute Gasteiger partial charge is 0.319 e. The first-order chi connectivity index (χ1) is 25.3. The van der Waals surface area contributed by atoms with Crippen LogP contribution in [0, 0.1) is 6.57 Å². The van der Waals surface area contributed by atoms with E-state index in [0.29, 0.717) is 56.9 Å². The van der Waals surface area contributed by atoms with Crippen LogP contribution >= 0.6 is 11.6 Å². The summed E-state index contributed by atoms with van der Waals surface area (Å²) >= 11 is 6.76. The quantitative estimate of drug-likeness (QED) is 0.157. The summed E-state index contributed by atoms with van der Waals surface area (Å²) in [7, 11) is 0. The molecule has 4 aromatic rings. The third kappa shape index (κ3) is 5.59. The Morgan fingerprint density at radius 3 is 2.60 bits per heavy atom. The van der Waals surface area contributed by atoms with Crippen molar-refractivity contribution < 1.29 is 13.9 Å². The zero-order valence-corrected chi connectivity index (χ0v) is 29.9. The Balaban J connectivity index is 1.04. The van der Waals surface area contributed by atoms with Gasteiger partial charge in [0.25, 0.3) is 5.91 Å². The number of hydrogen-bond acceptors (Lipinski definition) is 8. The number of ether oxygens (including phenoxy) is 1. The second-order valence-corrected chi connectivity index (χ2v) is 15.4. The van der Waals surface area contributed by atoms with Crippen LogP contribution in [0.1, 0.15) is 32.1 Å². The van der Waals surface area contributed by atoms with E-state index >= 15 is 0 Å². The molecule has 0 spiro atoms. The van der Waals surface area contributed by atoms with E-state index in [1.54, 1.807) is 4.90 Å². The number of hydrogen-bond donors (Lipinski definition) is 0. The minimum absolute atomic E-state index is 0.0296. The van der Waals surface area contributed by atoms with Gasteiger partial charge < -0.3 is 19.4 Å². The maximum atomic E-state index is 13.7. The number of piperazine rings is 1. The summed E-state index contributed by atoms with van der Waals surface area (Å²) in [5.41, 5.74) is 2.91. The molecule has 0 unspecified atom stereocenters. The second-order valence-electron chi connectivity index (χ2n) is 15.0. The van der Waals surface area contributed by atoms with E-state index in [0.717, 1.165) is 71.0 Å². The fourth-order valence-electron chi connectivity index (χ4n) is 9.69. The minimum Gasteiger partial charge on any atom is -0.461 e. The number of likely N-dealkylation sites (tertiary alicyclic amines) is 1. The van der Waals surface area contributed by atoms with E-state index in [4.69, 9.17) is 32.9 Å². The van der Waals surface area contributed by atoms with Gasteiger partial charge in [-0.25, -0.2) is 21.0 Å². The molecule has 1 amide bonds. The van der Waals surface area contributed by atoms with Gasteiger partial charge in [0.1, 0.15) is 18.5 Å². The molecular formula is C40H42ClFN8O2. The summed E-state index contributed by atoms with van der Waals surface area (Å²) < 4.78 is 20.3. The van der Waals surface area contributed by atoms with Crippen LogP contribution in [0.4, 0.5) is 10.2 Å². The lowest BCUT2D eigenvalue weighted by molar-refractivity contribution is -0.168. The van der Waals surface area contributed by atoms with E-state index in [1.807, 2.05) is 12.1 Å². The molecule has 9 rings (SSSR count). The van der Waals surface area contributed by atoms with Crippen molar-refractivity contribution in [3.8, 4) is 17.1 Å². The third-order valence-electron chi connectivity index (χ3n) is 12.2. The summed E-state index contributed by atoms with van der Waals surface area (Å²) in [6, 6.07) is 19.0. The fourth-order valence-corrected chi connectivity index (χ4v) is 9.98. The molecular weight excluding hydrogens is 679 g/mol. The summed E-state index contributed by atoms with van der Waals surface area (Å²) in [6.07, 6.45) is 5.41. The normalized spacial score (nSPS) is 24.5. The van der Waals surface area contributed by atoms with E-state index in [2.05, 4.69) is 73.7 Å². The zero-order valence-electron chi connectivity index (χ0n) is 29.2. The van der Waals surface area contributed by atoms with Gasteiger partial charge in [-0.05, 0) is 79.9 Å². The van der Waals surface area contributed by atoms with Crippen molar-refractivity contribution in [3.05, 3.63) is 83.4 Å². The lowest BCUT2D eigenvalue weighted by Gasteiger charge is -2.55. The van der Waals surface area contributed by atoms with Gasteiger partial charge in [-0.1, -0.05) is 54.6 Å². The predicted molar refractivity (Wildman–Crippen MR) is 201 cm³/mol. The number of carbonyl (C=O) groups is 1. The number of amides is 1. The summed E-state index contributed by atoms with van der Waals surface area (Å²) in [6.45, 7) is 17.3. The number of rotatable bonds is 8. The molecule has 0 radical (unpaired) electrons. The van der Waals surface area contributed by atoms with Gasteiger partial charge in [0.2, 0.25) is 6.54 Å². The second kappa shape index (κ2) is 13.3. The van der Waals surface area contributed by atoms with E-state index in [-0.39, 0.29) is 23.7 Å². The molecule has 1 aromatic heterocycles. The summed E-state index contributed by atoms with van der Waals surface area (Å²) in [5, 5.41) is 8.34. The summed E-state index contributed by atoms with van der Waals surface area (Å²) in [4.78, 5) is 32.9. The van der Waals surface area contributed by atoms with Crippen LogP contribution in [0.15, 0.2) is 67.0 Å². The topological polar surface area (TPSA) is 72.6 Å². The molecule has 10 nitrogen and oxygen atoms in total. The highest BCUT2D eigenvalue weighted by molar-refractivity contribution is 6.36. The van der Waals surface area contributed by atoms with Crippen LogP contribution < -0.4 is 9.64 Å². The van der Waals surface area contributed by atoms with Gasteiger partial charge in [-0.2, -0.15) is 9.97 Å². The molecule has 0 N–H and O–H groups in total. The lowest BCUT2D eigenvalue weighted by atomic mass is 9.95. The van der Waals surface area contributed by atoms with Gasteiger partial charge in [0.15, 0.2) is 5.83 Å². The van der Waals surface area contributed by atoms with Gasteiger partial charge in [-0.3, -0.25) is 9.69 Å². The number of hydrazine groups is 1. The molecule has 5 aliphatic rings. The van der Waals surface area contributed by atoms with Crippen LogP contribution in [0.2, 0.25) is 5.02 Å². The third-order valence-corrected chi connectivity index (χ3v) is 12.6. The minimum atomic E-state index is -0.907. The molecule has 52 heavy (non-hydrogen) atoms. The number of benzene rings is 3. The molecule has 12 heteroatoms. The monoisotopic (exact) mass is 720 g/mol. The molecule has 5 saturated heterocycles. The average Bonchev–Trinajstić information content (AvgIpc) is 3.83. The van der Waals surface area contributed by atoms with Crippen molar-refractivity contribution in [2.75, 3.05) is 63.9 Å². The van der Waals surface area contributed by atoms with Crippen LogP contribution in [-0.4, -0.2) is 118 Å². The van der Waals surface area contributed by atoms with Gasteiger partial charge in [0, 0.05) is 54.6 Å². The Labute approximate surface area is 308 Å². The molecule has 5 aliphatic heterocycles. The molecule has 0 bridgehead atoms. The highest BCUT2D eigenvalue weighted by atomic mass is 35.5. The molecule has 268 valence electrons. The van der Waals surface area contributed by atoms with E-state index < -0.39 is 11.7 Å². The number of nitrogens with zero attached hydrogens (tertiary/aromatic N) is 8. The van der Waals surface area contributed by atoms with Crippen molar-refractivity contribution >= 4 is 45.0 Å². The van der Waals surface area contributed by atoms with Crippen LogP contribution in [0.25, 0.3) is 37.6 Å². The number of halogens is 2. The first-order valence-corrected chi connectivity index (χ1v) is 18.9. The molecule has 3 atom stereocenters. The molecule has 0 saturated carbocycles. The molecule has 6 heterocycles. The first-order valence-electron chi connectivity index (χ1n) is 18.5. The highest BCUT2D eigenvalue weighted by Gasteiger charge is 2.53. The average molecular weight is 721 g/mol. The predicted octanol–water partition coefficient (Wildman–Crippen LogP) is 6.20. The van der Waals surface area contributed by atoms with Crippen molar-refractivity contribution in [3.63, 3.8) is 0 Å². The van der Waals surface area contributed by atoms with Crippen molar-refractivity contribution in [1.29, 1.82) is 0 Å². The Morgan fingerprint density at radius 1 is 1.00 bits per heavy atom. The number of anilines is 1. The number of carbonyl (C=O) groups excluding carboxylic acids is 1. The van der Waals surface area contributed by atoms with Crippen molar-refractivity contribution in [2.45, 2.75) is 55.8 Å². The first kappa shape index (κ1) is 33.5. The van der Waals surface area contributed by atoms with Gasteiger partial charge in [0.05, 0.1) is 17.1 Å². The SMILES string of the molecule is [C-]#[N+]C[C@H]1CN(c2nc(OCC34CCCN3CCC4)nc3cc(-c4cccc5cccc(Cl)c45)ccc23)CCN1N1C[C@@H]2[C@H]1CCN2C(=O)C(=C)F. The van der Waals surface area contributed by atoms with Crippen molar-refractivity contribution in [2.24, 2.45) is 0 Å². The maximum absolute atomic E-state index is 13.7. The van der Waals surface area contributed by atoms with Crippen LogP contribution in [-0.2, 0) is 4.79 Å². The Kier molecular flexibility index (Phi) is 8.54. The standard InChI is InChI=1S/C40H42ClFN8O2/c1-26(42)38(51)48-18-13-34-35(48)24-50(34)49-20-19-46(23-29(49)22-43-2)37-31-12-11-28(30-9-3-7-27-8-4-10-32(41)36(27)30)21-33(31)44-39(45-37)52-25-40-14-5-16-47(40)17-6-15-40/h3-4,7-12,21,29,34-35H,1,5-6,13-20,22-25H2/t29-,34+,35+/m0/s1. The number of aromatic nitrogens is 2. The van der Waals surface area contributed by atoms with Gasteiger partial charge in [-0.15, -0.1) is 0 Å². The van der Waals surface area contributed by atoms with E-state index in [9.17, 15) is 9.18 Å².